The molecule has 1 fully saturated rings. The van der Waals surface area contributed by atoms with E-state index in [4.69, 9.17) is 0 Å². The van der Waals surface area contributed by atoms with Gasteiger partial charge in [0.1, 0.15) is 0 Å². The maximum Gasteiger partial charge on any atom is 0.251 e. The number of para-hydroxylation sites is 1. The third-order valence-corrected chi connectivity index (χ3v) is 7.41. The van der Waals surface area contributed by atoms with Crippen molar-refractivity contribution >= 4 is 41.5 Å². The van der Waals surface area contributed by atoms with Crippen LogP contribution in [0.25, 0.3) is 0 Å². The summed E-state index contributed by atoms with van der Waals surface area (Å²) in [5.74, 6) is -0.0346. The number of carbonyl (C=O) groups excluding carboxylic acids is 1. The van der Waals surface area contributed by atoms with Crippen LogP contribution in [0.4, 0.5) is 11.4 Å². The molecule has 2 heterocycles. The van der Waals surface area contributed by atoms with E-state index >= 15 is 0 Å². The highest BCUT2D eigenvalue weighted by Gasteiger charge is 2.29. The number of amides is 1. The first-order valence-electron chi connectivity index (χ1n) is 11.4. The highest BCUT2D eigenvalue weighted by Crippen LogP contribution is 2.49. The smallest absolute Gasteiger partial charge is 0.251 e. The summed E-state index contributed by atoms with van der Waals surface area (Å²) in [6.07, 6.45) is 2.59. The summed E-state index contributed by atoms with van der Waals surface area (Å²) in [5.41, 5.74) is 4.17. The van der Waals surface area contributed by atoms with Gasteiger partial charge in [0.25, 0.3) is 5.91 Å². The fourth-order valence-electron chi connectivity index (χ4n) is 4.70. The highest BCUT2D eigenvalue weighted by atomic mass is 35.5. The van der Waals surface area contributed by atoms with Gasteiger partial charge in [0.2, 0.25) is 0 Å². The lowest BCUT2D eigenvalue weighted by Gasteiger charge is -2.39. The number of halogens is 1. The molecule has 3 aromatic rings. The standard InChI is InChI=1S/C27H29N3OS.ClH/c1-20(19-29-15-7-8-16-29)30-23-11-5-6-12-25(23)32-26-14-13-22(17-24(26)30)27(31)28-18-21-9-3-2-4-10-21;/h2-6,9-14,17,20H,7-8,15-16,18-19H2,1H3,(H,28,31);1H. The molecule has 4 nitrogen and oxygen atoms in total. The maximum atomic E-state index is 13.0. The van der Waals surface area contributed by atoms with Gasteiger partial charge in [-0.1, -0.05) is 54.2 Å². The topological polar surface area (TPSA) is 35.6 Å². The fourth-order valence-corrected chi connectivity index (χ4v) is 5.75. The molecule has 0 spiro atoms. The van der Waals surface area contributed by atoms with E-state index < -0.39 is 0 Å². The van der Waals surface area contributed by atoms with E-state index in [1.165, 1.54) is 41.4 Å². The van der Waals surface area contributed by atoms with Crippen molar-refractivity contribution in [2.24, 2.45) is 0 Å². The molecule has 0 aromatic heterocycles. The number of hydrogen-bond donors (Lipinski definition) is 1. The average molecular weight is 480 g/mol. The van der Waals surface area contributed by atoms with Gasteiger partial charge in [-0.3, -0.25) is 4.79 Å². The van der Waals surface area contributed by atoms with Crippen molar-refractivity contribution in [3.63, 3.8) is 0 Å². The number of anilines is 2. The Labute approximate surface area is 206 Å². The number of nitrogens with one attached hydrogen (secondary N) is 1. The summed E-state index contributed by atoms with van der Waals surface area (Å²) >= 11 is 1.79. The van der Waals surface area contributed by atoms with E-state index in [2.05, 4.69) is 58.4 Å². The first kappa shape index (κ1) is 23.7. The number of benzene rings is 3. The molecule has 33 heavy (non-hydrogen) atoms. The lowest BCUT2D eigenvalue weighted by molar-refractivity contribution is 0.0951. The lowest BCUT2D eigenvalue weighted by Crippen LogP contribution is -2.40. The molecular weight excluding hydrogens is 450 g/mol. The van der Waals surface area contributed by atoms with Crippen molar-refractivity contribution in [1.29, 1.82) is 0 Å². The fraction of sp³-hybridized carbons (Fsp3) is 0.296. The SMILES string of the molecule is CC(CN1CCCC1)N1c2ccccc2Sc2ccc(C(=O)NCc3ccccc3)cc21.Cl. The van der Waals surface area contributed by atoms with Crippen LogP contribution in [-0.4, -0.2) is 36.5 Å². The van der Waals surface area contributed by atoms with Crippen LogP contribution in [0.2, 0.25) is 0 Å². The second kappa shape index (κ2) is 10.6. The monoisotopic (exact) mass is 479 g/mol. The Morgan fingerprint density at radius 1 is 0.939 bits per heavy atom. The largest absolute Gasteiger partial charge is 0.348 e. The van der Waals surface area contributed by atoms with Crippen molar-refractivity contribution in [1.82, 2.24) is 10.2 Å². The van der Waals surface area contributed by atoms with Gasteiger partial charge in [0.15, 0.2) is 0 Å². The van der Waals surface area contributed by atoms with Crippen molar-refractivity contribution in [3.8, 4) is 0 Å². The molecule has 1 saturated heterocycles. The molecule has 0 radical (unpaired) electrons. The van der Waals surface area contributed by atoms with Gasteiger partial charge in [0.05, 0.1) is 11.4 Å². The van der Waals surface area contributed by atoms with Gasteiger partial charge >= 0.3 is 0 Å². The molecule has 1 atom stereocenters. The highest BCUT2D eigenvalue weighted by molar-refractivity contribution is 7.99. The normalized spacial score (nSPS) is 15.8. The van der Waals surface area contributed by atoms with Crippen LogP contribution in [0, 0.1) is 0 Å². The van der Waals surface area contributed by atoms with Crippen LogP contribution in [0.5, 0.6) is 0 Å². The molecule has 172 valence electrons. The third-order valence-electron chi connectivity index (χ3n) is 6.28. The summed E-state index contributed by atoms with van der Waals surface area (Å²) in [5, 5.41) is 3.07. The van der Waals surface area contributed by atoms with Crippen LogP contribution in [0.15, 0.2) is 82.6 Å². The Balaban J connectivity index is 0.00000259. The Morgan fingerprint density at radius 3 is 2.42 bits per heavy atom. The Hall–Kier alpha value is -2.47. The molecular formula is C27H30ClN3OS. The zero-order valence-corrected chi connectivity index (χ0v) is 20.5. The number of nitrogens with zero attached hydrogens (tertiary/aromatic N) is 2. The molecule has 3 aromatic carbocycles. The van der Waals surface area contributed by atoms with Crippen LogP contribution < -0.4 is 10.2 Å². The second-order valence-corrected chi connectivity index (χ2v) is 9.73. The second-order valence-electron chi connectivity index (χ2n) is 8.65. The summed E-state index contributed by atoms with van der Waals surface area (Å²) in [6.45, 7) is 6.23. The van der Waals surface area contributed by atoms with Crippen LogP contribution in [-0.2, 0) is 6.54 Å². The number of rotatable bonds is 6. The Bertz CT molecular complexity index is 1100. The summed E-state index contributed by atoms with van der Waals surface area (Å²) in [7, 11) is 0. The van der Waals surface area contributed by atoms with Crippen molar-refractivity contribution in [2.45, 2.75) is 42.1 Å². The first-order chi connectivity index (χ1) is 15.7. The Kier molecular flexibility index (Phi) is 7.63. The van der Waals surface area contributed by atoms with Crippen LogP contribution in [0.1, 0.15) is 35.7 Å². The average Bonchev–Trinajstić information content (AvgIpc) is 3.34. The summed E-state index contributed by atoms with van der Waals surface area (Å²) in [6, 6.07) is 25.1. The van der Waals surface area contributed by atoms with Gasteiger partial charge < -0.3 is 15.1 Å². The molecule has 0 bridgehead atoms. The van der Waals surface area contributed by atoms with Gasteiger partial charge in [-0.2, -0.15) is 0 Å². The molecule has 2 aliphatic heterocycles. The van der Waals surface area contributed by atoms with Crippen LogP contribution >= 0.6 is 24.2 Å². The molecule has 6 heteroatoms. The number of likely N-dealkylation sites (tertiary alicyclic amines) is 1. The first-order valence-corrected chi connectivity index (χ1v) is 12.3. The molecule has 1 N–H and O–H groups in total. The van der Waals surface area contributed by atoms with E-state index in [0.717, 1.165) is 17.8 Å². The van der Waals surface area contributed by atoms with E-state index in [0.29, 0.717) is 18.2 Å². The predicted octanol–water partition coefficient (Wildman–Crippen LogP) is 6.13. The van der Waals surface area contributed by atoms with E-state index in [-0.39, 0.29) is 18.3 Å². The van der Waals surface area contributed by atoms with Gasteiger partial charge in [-0.05, 0) is 68.8 Å². The van der Waals surface area contributed by atoms with E-state index in [9.17, 15) is 4.79 Å². The van der Waals surface area contributed by atoms with Crippen molar-refractivity contribution < 1.29 is 4.79 Å². The van der Waals surface area contributed by atoms with Gasteiger partial charge in [-0.25, -0.2) is 0 Å². The molecule has 0 saturated carbocycles. The third kappa shape index (κ3) is 5.21. The molecule has 1 unspecified atom stereocenters. The minimum absolute atomic E-state index is 0. The predicted molar refractivity (Wildman–Crippen MR) is 139 cm³/mol. The number of carbonyl (C=O) groups is 1. The van der Waals surface area contributed by atoms with Crippen LogP contribution in [0.3, 0.4) is 0 Å². The van der Waals surface area contributed by atoms with Crippen molar-refractivity contribution in [2.75, 3.05) is 24.5 Å². The lowest BCUT2D eigenvalue weighted by atomic mass is 10.1. The maximum absolute atomic E-state index is 13.0. The van der Waals surface area contributed by atoms with E-state index in [1.807, 2.05) is 36.4 Å². The van der Waals surface area contributed by atoms with Crippen molar-refractivity contribution in [3.05, 3.63) is 83.9 Å². The quantitative estimate of drug-likeness (QED) is 0.461. The Morgan fingerprint density at radius 2 is 1.64 bits per heavy atom. The summed E-state index contributed by atoms with van der Waals surface area (Å²) < 4.78 is 0. The zero-order chi connectivity index (χ0) is 21.9. The number of hydrogen-bond acceptors (Lipinski definition) is 4. The number of fused-ring (bicyclic) bond motifs is 2. The molecule has 5 rings (SSSR count). The minimum atomic E-state index is -0.0346. The summed E-state index contributed by atoms with van der Waals surface area (Å²) in [4.78, 5) is 20.4. The molecule has 2 aliphatic rings. The van der Waals surface area contributed by atoms with Gasteiger partial charge in [-0.15, -0.1) is 12.4 Å². The minimum Gasteiger partial charge on any atom is -0.348 e. The zero-order valence-electron chi connectivity index (χ0n) is 18.9. The molecule has 1 amide bonds. The van der Waals surface area contributed by atoms with Gasteiger partial charge in [0, 0.05) is 34.5 Å². The van der Waals surface area contributed by atoms with E-state index in [1.54, 1.807) is 11.8 Å². The molecule has 0 aliphatic carbocycles.